The predicted octanol–water partition coefficient (Wildman–Crippen LogP) is 2.40. The summed E-state index contributed by atoms with van der Waals surface area (Å²) in [7, 11) is 1.36. The fraction of sp³-hybridized carbons (Fsp3) is 0.0800. The maximum absolute atomic E-state index is 12.4. The first-order valence-electron chi connectivity index (χ1n) is 10.8. The number of nitro benzene ring substituents is 1. The van der Waals surface area contributed by atoms with Crippen LogP contribution in [0.2, 0.25) is 0 Å². The fourth-order valence-electron chi connectivity index (χ4n) is 3.01. The lowest BCUT2D eigenvalue weighted by atomic mass is 10.1. The van der Waals surface area contributed by atoms with E-state index in [0.717, 1.165) is 0 Å². The van der Waals surface area contributed by atoms with Gasteiger partial charge in [0, 0.05) is 28.9 Å². The van der Waals surface area contributed by atoms with E-state index in [-0.39, 0.29) is 34.0 Å². The van der Waals surface area contributed by atoms with Crippen molar-refractivity contribution in [1.82, 2.24) is 5.43 Å². The highest BCUT2D eigenvalue weighted by Crippen LogP contribution is 2.29. The van der Waals surface area contributed by atoms with Crippen LogP contribution in [0.3, 0.4) is 0 Å². The van der Waals surface area contributed by atoms with Crippen LogP contribution in [0.15, 0.2) is 71.8 Å². The van der Waals surface area contributed by atoms with Crippen LogP contribution in [-0.4, -0.2) is 41.4 Å². The van der Waals surface area contributed by atoms with E-state index in [0.29, 0.717) is 11.3 Å². The molecule has 0 unspecified atom stereocenters. The van der Waals surface area contributed by atoms with Gasteiger partial charge < -0.3 is 20.5 Å². The van der Waals surface area contributed by atoms with Gasteiger partial charge in [0.1, 0.15) is 0 Å². The van der Waals surface area contributed by atoms with Gasteiger partial charge in [0.05, 0.1) is 23.3 Å². The van der Waals surface area contributed by atoms with E-state index in [1.165, 1.54) is 67.8 Å². The summed E-state index contributed by atoms with van der Waals surface area (Å²) in [6, 6.07) is 15.0. The minimum Gasteiger partial charge on any atom is -0.493 e. The van der Waals surface area contributed by atoms with Gasteiger partial charge in [-0.1, -0.05) is 0 Å². The van der Waals surface area contributed by atoms with Gasteiger partial charge in [-0.3, -0.25) is 24.5 Å². The number of ether oxygens (including phenoxy) is 2. The molecule has 13 heteroatoms. The Hall–Kier alpha value is -5.59. The summed E-state index contributed by atoms with van der Waals surface area (Å²) in [4.78, 5) is 58.0. The number of nitro groups is 1. The van der Waals surface area contributed by atoms with Crippen LogP contribution < -0.4 is 25.9 Å². The van der Waals surface area contributed by atoms with Crippen LogP contribution in [0.5, 0.6) is 11.5 Å². The predicted molar refractivity (Wildman–Crippen MR) is 135 cm³/mol. The van der Waals surface area contributed by atoms with Gasteiger partial charge in [-0.2, -0.15) is 5.10 Å². The quantitative estimate of drug-likeness (QED) is 0.101. The molecule has 3 amide bonds. The van der Waals surface area contributed by atoms with E-state index < -0.39 is 28.6 Å². The minimum absolute atomic E-state index is 0.0816. The Labute approximate surface area is 215 Å². The number of non-ortho nitro benzene ring substituents is 1. The van der Waals surface area contributed by atoms with Crippen LogP contribution in [0.1, 0.15) is 33.2 Å². The molecule has 0 aliphatic heterocycles. The lowest BCUT2D eigenvalue weighted by molar-refractivity contribution is -0.384. The van der Waals surface area contributed by atoms with Crippen molar-refractivity contribution in [2.45, 2.75) is 6.92 Å². The molecule has 3 aromatic carbocycles. The Bertz CT molecular complexity index is 1430. The molecule has 0 bridgehead atoms. The third-order valence-electron chi connectivity index (χ3n) is 5.06. The van der Waals surface area contributed by atoms with Crippen molar-refractivity contribution >= 4 is 40.8 Å². The van der Waals surface area contributed by atoms with Crippen LogP contribution in [-0.2, 0) is 9.59 Å². The number of hydrogen-bond donors (Lipinski definition) is 3. The average Bonchev–Trinajstić information content (AvgIpc) is 2.91. The van der Waals surface area contributed by atoms with Gasteiger partial charge in [0.25, 0.3) is 5.69 Å². The number of nitrogens with two attached hydrogens (primary N) is 1. The molecule has 3 rings (SSSR count). The first-order chi connectivity index (χ1) is 18.1. The zero-order valence-electron chi connectivity index (χ0n) is 20.1. The molecule has 0 radical (unpaired) electrons. The lowest BCUT2D eigenvalue weighted by Crippen LogP contribution is -2.33. The molecule has 0 aliphatic carbocycles. The normalized spacial score (nSPS) is 10.7. The fourth-order valence-corrected chi connectivity index (χ4v) is 3.01. The number of benzene rings is 3. The number of hydrazone groups is 1. The number of nitrogens with zero attached hydrogens (tertiary/aromatic N) is 2. The highest BCUT2D eigenvalue weighted by molar-refractivity contribution is 6.39. The van der Waals surface area contributed by atoms with E-state index in [1.54, 1.807) is 13.0 Å². The van der Waals surface area contributed by atoms with Crippen molar-refractivity contribution in [2.24, 2.45) is 10.8 Å². The molecule has 0 fully saturated rings. The maximum atomic E-state index is 12.4. The zero-order chi connectivity index (χ0) is 27.8. The maximum Gasteiger partial charge on any atom is 0.343 e. The van der Waals surface area contributed by atoms with Gasteiger partial charge in [-0.15, -0.1) is 0 Å². The summed E-state index contributed by atoms with van der Waals surface area (Å²) in [5.41, 5.74) is 8.55. The Morgan fingerprint density at radius 1 is 0.868 bits per heavy atom. The van der Waals surface area contributed by atoms with E-state index in [1.807, 2.05) is 0 Å². The first-order valence-corrected chi connectivity index (χ1v) is 10.8. The molecule has 0 aromatic heterocycles. The smallest absolute Gasteiger partial charge is 0.343 e. The van der Waals surface area contributed by atoms with E-state index in [4.69, 9.17) is 15.2 Å². The van der Waals surface area contributed by atoms with Crippen LogP contribution in [0.25, 0.3) is 0 Å². The Morgan fingerprint density at radius 3 is 2.05 bits per heavy atom. The summed E-state index contributed by atoms with van der Waals surface area (Å²) in [5.74, 6) is -3.14. The molecule has 0 heterocycles. The summed E-state index contributed by atoms with van der Waals surface area (Å²) >= 11 is 0. The second kappa shape index (κ2) is 11.9. The molecule has 0 spiro atoms. The second-order valence-corrected chi connectivity index (χ2v) is 7.59. The van der Waals surface area contributed by atoms with Crippen LogP contribution >= 0.6 is 0 Å². The zero-order valence-corrected chi connectivity index (χ0v) is 20.1. The molecule has 13 nitrogen and oxygen atoms in total. The van der Waals surface area contributed by atoms with Crippen molar-refractivity contribution in [3.8, 4) is 11.5 Å². The molecular formula is C25H21N5O8. The number of esters is 1. The van der Waals surface area contributed by atoms with Crippen molar-refractivity contribution in [3.63, 3.8) is 0 Å². The topological polar surface area (TPSA) is 192 Å². The lowest BCUT2D eigenvalue weighted by Gasteiger charge is -2.11. The number of anilines is 1. The molecule has 4 N–H and O–H groups in total. The number of nitrogens with one attached hydrogen (secondary N) is 2. The molecule has 0 saturated heterocycles. The molecule has 0 aliphatic rings. The molecule has 0 saturated carbocycles. The highest BCUT2D eigenvalue weighted by atomic mass is 16.6. The largest absolute Gasteiger partial charge is 0.493 e. The van der Waals surface area contributed by atoms with Gasteiger partial charge in [-0.05, 0) is 61.5 Å². The van der Waals surface area contributed by atoms with E-state index in [2.05, 4.69) is 15.8 Å². The van der Waals surface area contributed by atoms with Crippen LogP contribution in [0.4, 0.5) is 11.4 Å². The summed E-state index contributed by atoms with van der Waals surface area (Å²) < 4.78 is 10.6. The average molecular weight is 519 g/mol. The number of carbonyl (C=O) groups excluding carboxylic acids is 4. The highest BCUT2D eigenvalue weighted by Gasteiger charge is 2.17. The van der Waals surface area contributed by atoms with E-state index in [9.17, 15) is 29.3 Å². The number of primary amides is 1. The van der Waals surface area contributed by atoms with Crippen molar-refractivity contribution < 1.29 is 33.6 Å². The van der Waals surface area contributed by atoms with Gasteiger partial charge in [0.15, 0.2) is 11.5 Å². The number of rotatable bonds is 8. The standard InChI is InChI=1S/C25H21N5O8/c1-14(28-29-24(33)23(32)27-18-8-3-15(4-9-18)22(26)31)17-7-12-20(21(13-17)37-2)38-25(34)16-5-10-19(11-6-16)30(35)36/h3-13H,1-2H3,(H2,26,31)(H,27,32)(H,29,33). The minimum atomic E-state index is -1.04. The Balaban J connectivity index is 1.64. The number of carbonyl (C=O) groups is 4. The van der Waals surface area contributed by atoms with Gasteiger partial charge in [0.2, 0.25) is 5.91 Å². The number of methoxy groups -OCH3 is 1. The van der Waals surface area contributed by atoms with Gasteiger partial charge in [-0.25, -0.2) is 10.2 Å². The summed E-state index contributed by atoms with van der Waals surface area (Å²) in [6.07, 6.45) is 0. The number of amides is 3. The SMILES string of the molecule is COc1cc(C(C)=NNC(=O)C(=O)Nc2ccc(C(N)=O)cc2)ccc1OC(=O)c1ccc([N+](=O)[O-])cc1. The second-order valence-electron chi connectivity index (χ2n) is 7.59. The van der Waals surface area contributed by atoms with Gasteiger partial charge >= 0.3 is 17.8 Å². The molecule has 38 heavy (non-hydrogen) atoms. The molecule has 194 valence electrons. The summed E-state index contributed by atoms with van der Waals surface area (Å²) in [6.45, 7) is 1.57. The van der Waals surface area contributed by atoms with E-state index >= 15 is 0 Å². The molecule has 0 atom stereocenters. The number of hydrogen-bond acceptors (Lipinski definition) is 9. The molecule has 3 aromatic rings. The van der Waals surface area contributed by atoms with Crippen molar-refractivity contribution in [2.75, 3.05) is 12.4 Å². The van der Waals surface area contributed by atoms with Crippen molar-refractivity contribution in [1.29, 1.82) is 0 Å². The Kier molecular flexibility index (Phi) is 8.46. The third kappa shape index (κ3) is 6.75. The Morgan fingerprint density at radius 2 is 1.47 bits per heavy atom. The van der Waals surface area contributed by atoms with Crippen molar-refractivity contribution in [3.05, 3.63) is 93.5 Å². The molecular weight excluding hydrogens is 498 g/mol. The van der Waals surface area contributed by atoms with Crippen LogP contribution in [0, 0.1) is 10.1 Å². The third-order valence-corrected chi connectivity index (χ3v) is 5.06. The monoisotopic (exact) mass is 519 g/mol. The first kappa shape index (κ1) is 27.0. The summed E-state index contributed by atoms with van der Waals surface area (Å²) in [5, 5.41) is 17.0.